The molecule has 26 heavy (non-hydrogen) atoms. The van der Waals surface area contributed by atoms with E-state index in [1.54, 1.807) is 31.4 Å². The Hall–Kier alpha value is -2.86. The van der Waals surface area contributed by atoms with Crippen LogP contribution in [-0.2, 0) is 14.3 Å². The third-order valence-corrected chi connectivity index (χ3v) is 4.43. The summed E-state index contributed by atoms with van der Waals surface area (Å²) >= 11 is 0. The van der Waals surface area contributed by atoms with E-state index in [0.717, 1.165) is 5.56 Å². The molecule has 1 aromatic carbocycles. The number of aliphatic hydroxyl groups excluding tert-OH is 1. The predicted molar refractivity (Wildman–Crippen MR) is 95.4 cm³/mol. The molecular formula is C20H21NO5. The van der Waals surface area contributed by atoms with Crippen LogP contribution < -0.4 is 0 Å². The number of methoxy groups -OCH3 is 1. The highest BCUT2D eigenvalue weighted by molar-refractivity contribution is 6.46. The Bertz CT molecular complexity index is 820. The molecule has 6 nitrogen and oxygen atoms in total. The lowest BCUT2D eigenvalue weighted by atomic mass is 9.99. The molecule has 6 heteroatoms. The number of benzene rings is 1. The molecular weight excluding hydrogens is 334 g/mol. The molecule has 2 heterocycles. The number of ketones is 1. The third-order valence-electron chi connectivity index (χ3n) is 4.43. The number of Topliss-reactive ketones (excluding diaryl/α,β-unsaturated/α-hetero) is 1. The standard InChI is InChI=1S/C20H21NO5/c1-13-6-8-14(9-7-13)18(22)16-17(15-5-3-12-26-15)21(10-4-11-25-2)20(24)19(16)23/h3,5-9,12,17,22H,4,10-11H2,1-2H3/b18-16-. The maximum absolute atomic E-state index is 12.7. The topological polar surface area (TPSA) is 80.0 Å². The van der Waals surface area contributed by atoms with E-state index in [4.69, 9.17) is 9.15 Å². The Kier molecular flexibility index (Phi) is 5.23. The summed E-state index contributed by atoms with van der Waals surface area (Å²) in [6.45, 7) is 2.72. The largest absolute Gasteiger partial charge is 0.507 e. The first-order chi connectivity index (χ1) is 12.5. The van der Waals surface area contributed by atoms with Crippen LogP contribution in [-0.4, -0.2) is 42.0 Å². The van der Waals surface area contributed by atoms with E-state index in [1.807, 2.05) is 19.1 Å². The van der Waals surface area contributed by atoms with Gasteiger partial charge in [-0.15, -0.1) is 0 Å². The summed E-state index contributed by atoms with van der Waals surface area (Å²) in [5, 5.41) is 10.8. The average Bonchev–Trinajstić information content (AvgIpc) is 3.24. The van der Waals surface area contributed by atoms with Crippen LogP contribution in [0.2, 0.25) is 0 Å². The van der Waals surface area contributed by atoms with E-state index in [0.29, 0.717) is 30.9 Å². The minimum absolute atomic E-state index is 0.0474. The molecule has 1 aliphatic rings. The van der Waals surface area contributed by atoms with Gasteiger partial charge in [-0.2, -0.15) is 0 Å². The SMILES string of the molecule is COCCCN1C(=O)C(=O)/C(=C(\O)c2ccc(C)cc2)C1c1ccco1. The number of amides is 1. The first kappa shape index (κ1) is 17.9. The second-order valence-electron chi connectivity index (χ2n) is 6.22. The van der Waals surface area contributed by atoms with E-state index in [9.17, 15) is 14.7 Å². The molecule has 1 saturated heterocycles. The molecule has 136 valence electrons. The van der Waals surface area contributed by atoms with Gasteiger partial charge in [-0.1, -0.05) is 29.8 Å². The monoisotopic (exact) mass is 355 g/mol. The van der Waals surface area contributed by atoms with Gasteiger partial charge in [0.15, 0.2) is 0 Å². The Labute approximate surface area is 151 Å². The summed E-state index contributed by atoms with van der Waals surface area (Å²) in [5.74, 6) is -1.10. The van der Waals surface area contributed by atoms with Crippen LogP contribution in [0.1, 0.15) is 29.3 Å². The highest BCUT2D eigenvalue weighted by Crippen LogP contribution is 2.39. The summed E-state index contributed by atoms with van der Waals surface area (Å²) in [5.41, 5.74) is 1.57. The van der Waals surface area contributed by atoms with E-state index >= 15 is 0 Å². The fourth-order valence-electron chi connectivity index (χ4n) is 3.10. The Morgan fingerprint density at radius 3 is 2.58 bits per heavy atom. The first-order valence-electron chi connectivity index (χ1n) is 8.42. The van der Waals surface area contributed by atoms with Crippen LogP contribution in [0.5, 0.6) is 0 Å². The zero-order valence-corrected chi connectivity index (χ0v) is 14.8. The van der Waals surface area contributed by atoms with Crippen LogP contribution in [0.4, 0.5) is 0 Å². The van der Waals surface area contributed by atoms with E-state index < -0.39 is 17.7 Å². The normalized spacial score (nSPS) is 19.3. The number of ether oxygens (including phenoxy) is 1. The summed E-state index contributed by atoms with van der Waals surface area (Å²) in [7, 11) is 1.58. The smallest absolute Gasteiger partial charge is 0.295 e. The lowest BCUT2D eigenvalue weighted by Crippen LogP contribution is -2.31. The van der Waals surface area contributed by atoms with Crippen molar-refractivity contribution in [3.05, 3.63) is 65.1 Å². The minimum atomic E-state index is -0.747. The maximum Gasteiger partial charge on any atom is 0.295 e. The molecule has 1 unspecified atom stereocenters. The number of carbonyl (C=O) groups excluding carboxylic acids is 2. The number of carbonyl (C=O) groups is 2. The summed E-state index contributed by atoms with van der Waals surface area (Å²) < 4.78 is 10.5. The van der Waals surface area contributed by atoms with Crippen molar-refractivity contribution >= 4 is 17.4 Å². The number of aliphatic hydroxyl groups is 1. The lowest BCUT2D eigenvalue weighted by molar-refractivity contribution is -0.140. The Balaban J connectivity index is 2.06. The third kappa shape index (κ3) is 3.28. The van der Waals surface area contributed by atoms with E-state index in [1.165, 1.54) is 11.2 Å². The van der Waals surface area contributed by atoms with Crippen LogP contribution in [0.25, 0.3) is 5.76 Å². The second-order valence-corrected chi connectivity index (χ2v) is 6.22. The van der Waals surface area contributed by atoms with Crippen molar-refractivity contribution in [3.63, 3.8) is 0 Å². The van der Waals surface area contributed by atoms with Gasteiger partial charge in [0.2, 0.25) is 0 Å². The van der Waals surface area contributed by atoms with Gasteiger partial charge in [0.1, 0.15) is 17.6 Å². The number of likely N-dealkylation sites (tertiary alicyclic amines) is 1. The molecule has 1 atom stereocenters. The van der Waals surface area contributed by atoms with E-state index in [-0.39, 0.29) is 11.3 Å². The highest BCUT2D eigenvalue weighted by atomic mass is 16.5. The molecule has 0 aliphatic carbocycles. The molecule has 1 fully saturated rings. The molecule has 1 N–H and O–H groups in total. The number of nitrogens with zero attached hydrogens (tertiary/aromatic N) is 1. The predicted octanol–water partition coefficient (Wildman–Crippen LogP) is 3.05. The summed E-state index contributed by atoms with van der Waals surface area (Å²) in [6.07, 6.45) is 2.06. The van der Waals surface area contributed by atoms with Crippen molar-refractivity contribution < 1.29 is 23.8 Å². The first-order valence-corrected chi connectivity index (χ1v) is 8.42. The highest BCUT2D eigenvalue weighted by Gasteiger charge is 2.47. The van der Waals surface area contributed by atoms with Crippen molar-refractivity contribution in [3.8, 4) is 0 Å². The van der Waals surface area contributed by atoms with E-state index in [2.05, 4.69) is 0 Å². The van der Waals surface area contributed by atoms with Crippen molar-refractivity contribution in [2.75, 3.05) is 20.3 Å². The molecule has 1 amide bonds. The van der Waals surface area contributed by atoms with Crippen LogP contribution >= 0.6 is 0 Å². The number of hydrogen-bond acceptors (Lipinski definition) is 5. The molecule has 3 rings (SSSR count). The zero-order chi connectivity index (χ0) is 18.7. The van der Waals surface area contributed by atoms with Crippen LogP contribution in [0.15, 0.2) is 52.7 Å². The Morgan fingerprint density at radius 1 is 1.23 bits per heavy atom. The van der Waals surface area contributed by atoms with Gasteiger partial charge in [-0.25, -0.2) is 0 Å². The molecule has 0 saturated carbocycles. The lowest BCUT2D eigenvalue weighted by Gasteiger charge is -2.23. The number of aryl methyl sites for hydroxylation is 1. The minimum Gasteiger partial charge on any atom is -0.507 e. The van der Waals surface area contributed by atoms with Gasteiger partial charge in [-0.3, -0.25) is 9.59 Å². The van der Waals surface area contributed by atoms with Crippen LogP contribution in [0.3, 0.4) is 0 Å². The summed E-state index contributed by atoms with van der Waals surface area (Å²) in [6, 6.07) is 9.77. The molecule has 1 aromatic heterocycles. The second kappa shape index (κ2) is 7.58. The van der Waals surface area contributed by atoms with Crippen LogP contribution in [0, 0.1) is 6.92 Å². The number of rotatable bonds is 6. The zero-order valence-electron chi connectivity index (χ0n) is 14.8. The molecule has 0 bridgehead atoms. The molecule has 2 aromatic rings. The number of furan rings is 1. The molecule has 1 aliphatic heterocycles. The van der Waals surface area contributed by atoms with Crippen molar-refractivity contribution in [2.45, 2.75) is 19.4 Å². The summed E-state index contributed by atoms with van der Waals surface area (Å²) in [4.78, 5) is 26.6. The van der Waals surface area contributed by atoms with Crippen molar-refractivity contribution in [1.29, 1.82) is 0 Å². The van der Waals surface area contributed by atoms with Gasteiger partial charge in [-0.05, 0) is 25.5 Å². The Morgan fingerprint density at radius 2 is 1.96 bits per heavy atom. The fourth-order valence-corrected chi connectivity index (χ4v) is 3.10. The molecule has 0 radical (unpaired) electrons. The fraction of sp³-hybridized carbons (Fsp3) is 0.300. The van der Waals surface area contributed by atoms with Crippen molar-refractivity contribution in [1.82, 2.24) is 4.90 Å². The average molecular weight is 355 g/mol. The van der Waals surface area contributed by atoms with Gasteiger partial charge in [0, 0.05) is 25.8 Å². The quantitative estimate of drug-likeness (QED) is 0.373. The molecule has 0 spiro atoms. The van der Waals surface area contributed by atoms with Gasteiger partial charge in [0.05, 0.1) is 11.8 Å². The van der Waals surface area contributed by atoms with Gasteiger partial charge in [0.25, 0.3) is 11.7 Å². The van der Waals surface area contributed by atoms with Crippen molar-refractivity contribution in [2.24, 2.45) is 0 Å². The number of hydrogen-bond donors (Lipinski definition) is 1. The van der Waals surface area contributed by atoms with Gasteiger partial charge < -0.3 is 19.2 Å². The maximum atomic E-state index is 12.7. The van der Waals surface area contributed by atoms with Gasteiger partial charge >= 0.3 is 0 Å².